The summed E-state index contributed by atoms with van der Waals surface area (Å²) in [4.78, 5) is 25.7. The number of aromatic amines is 1. The molecule has 4 aliphatic rings. The van der Waals surface area contributed by atoms with Gasteiger partial charge in [0.1, 0.15) is 11.8 Å². The SMILES string of the molecule is Cc1nc(Nc2cc([C@H]3OC[C@@H](OC(=O)NC45CC(C4)C5)[C@H]3F)[nH]n2)n2ccnc2c1-c1cccnc1. The van der Waals surface area contributed by atoms with Gasteiger partial charge in [0, 0.05) is 47.5 Å². The summed E-state index contributed by atoms with van der Waals surface area (Å²) in [5, 5.41) is 13.2. The van der Waals surface area contributed by atoms with Gasteiger partial charge in [-0.1, -0.05) is 6.07 Å². The van der Waals surface area contributed by atoms with Crippen LogP contribution in [0.15, 0.2) is 43.0 Å². The molecule has 4 aromatic heterocycles. The molecule has 4 aromatic rings. The Labute approximate surface area is 210 Å². The van der Waals surface area contributed by atoms with Gasteiger partial charge in [0.25, 0.3) is 0 Å². The van der Waals surface area contributed by atoms with Crippen molar-refractivity contribution >= 4 is 23.5 Å². The molecule has 2 bridgehead atoms. The maximum absolute atomic E-state index is 15.2. The van der Waals surface area contributed by atoms with E-state index in [2.05, 4.69) is 30.8 Å². The van der Waals surface area contributed by atoms with Gasteiger partial charge in [-0.3, -0.25) is 14.5 Å². The van der Waals surface area contributed by atoms with E-state index in [9.17, 15) is 4.79 Å². The molecule has 12 heteroatoms. The third-order valence-corrected chi connectivity index (χ3v) is 7.57. The maximum Gasteiger partial charge on any atom is 0.408 e. The summed E-state index contributed by atoms with van der Waals surface area (Å²) in [7, 11) is 0. The first-order chi connectivity index (χ1) is 18.0. The second-order valence-electron chi connectivity index (χ2n) is 10.1. The minimum absolute atomic E-state index is 0.0249. The van der Waals surface area contributed by atoms with Gasteiger partial charge in [-0.05, 0) is 38.2 Å². The van der Waals surface area contributed by atoms with Crippen molar-refractivity contribution in [3.8, 4) is 11.1 Å². The standard InChI is InChI=1S/C25H25FN8O3/c1-13-19(15-3-2-4-27-11-15)22-28-5-6-34(22)23(29-13)30-18-7-16(32-33-18)21-20(26)17(12-36-21)37-24(35)31-25-8-14(9-25)10-25/h2-7,11,14,17,20-21H,8-10,12H2,1H3,(H,31,35)(H2,29,30,32,33)/t14?,17-,20-,21-,25?/m1/s1. The fraction of sp³-hybridized carbons (Fsp3) is 0.400. The van der Waals surface area contributed by atoms with Crippen molar-refractivity contribution in [1.29, 1.82) is 0 Å². The van der Waals surface area contributed by atoms with Crippen LogP contribution in [0.2, 0.25) is 0 Å². The Balaban J connectivity index is 1.06. The number of rotatable bonds is 6. The van der Waals surface area contributed by atoms with Gasteiger partial charge in [-0.15, -0.1) is 0 Å². The van der Waals surface area contributed by atoms with Gasteiger partial charge in [-0.25, -0.2) is 19.2 Å². The summed E-state index contributed by atoms with van der Waals surface area (Å²) in [6.45, 7) is 1.88. The summed E-state index contributed by atoms with van der Waals surface area (Å²) < 4.78 is 28.0. The van der Waals surface area contributed by atoms with Crippen molar-refractivity contribution in [3.63, 3.8) is 0 Å². The van der Waals surface area contributed by atoms with Crippen molar-refractivity contribution in [3.05, 3.63) is 54.4 Å². The molecular weight excluding hydrogens is 479 g/mol. The molecule has 1 aliphatic heterocycles. The highest BCUT2D eigenvalue weighted by Gasteiger charge is 2.58. The molecule has 11 nitrogen and oxygen atoms in total. The average molecular weight is 505 g/mol. The van der Waals surface area contributed by atoms with E-state index in [-0.39, 0.29) is 12.1 Å². The zero-order valence-corrected chi connectivity index (χ0v) is 20.0. The first-order valence-electron chi connectivity index (χ1n) is 12.3. The van der Waals surface area contributed by atoms with E-state index in [0.29, 0.717) is 17.5 Å². The van der Waals surface area contributed by atoms with Crippen LogP contribution >= 0.6 is 0 Å². The number of alkyl halides is 1. The third kappa shape index (κ3) is 3.70. The van der Waals surface area contributed by atoms with Crippen LogP contribution < -0.4 is 10.6 Å². The van der Waals surface area contributed by atoms with Gasteiger partial charge in [0.2, 0.25) is 5.95 Å². The molecule has 37 heavy (non-hydrogen) atoms. The molecule has 3 atom stereocenters. The predicted octanol–water partition coefficient (Wildman–Crippen LogP) is 3.62. The molecule has 3 aliphatic carbocycles. The number of hydrogen-bond acceptors (Lipinski definition) is 8. The Hall–Kier alpha value is -4.06. The Kier molecular flexibility index (Phi) is 4.93. The number of fused-ring (bicyclic) bond motifs is 1. The number of amides is 1. The summed E-state index contributed by atoms with van der Waals surface area (Å²) in [5.41, 5.74) is 3.60. The monoisotopic (exact) mass is 504 g/mol. The fourth-order valence-electron chi connectivity index (χ4n) is 5.64. The molecular formula is C25H25FN8O3. The molecule has 0 aromatic carbocycles. The minimum Gasteiger partial charge on any atom is -0.441 e. The van der Waals surface area contributed by atoms with E-state index in [1.165, 1.54) is 0 Å². The summed E-state index contributed by atoms with van der Waals surface area (Å²) in [6, 6.07) is 5.49. The minimum atomic E-state index is -1.52. The number of H-pyrrole nitrogens is 1. The average Bonchev–Trinajstić information content (AvgIpc) is 3.58. The lowest BCUT2D eigenvalue weighted by Gasteiger charge is -2.61. The highest BCUT2D eigenvalue weighted by atomic mass is 19.1. The number of ether oxygens (including phenoxy) is 2. The Morgan fingerprint density at radius 3 is 2.95 bits per heavy atom. The van der Waals surface area contributed by atoms with Gasteiger partial charge < -0.3 is 20.1 Å². The Bertz CT molecular complexity index is 1470. The molecule has 0 radical (unpaired) electrons. The fourth-order valence-corrected chi connectivity index (χ4v) is 5.64. The molecule has 0 unspecified atom stereocenters. The summed E-state index contributed by atoms with van der Waals surface area (Å²) in [6.07, 6.45) is 5.94. The molecule has 8 rings (SSSR count). The third-order valence-electron chi connectivity index (χ3n) is 7.57. The van der Waals surface area contributed by atoms with E-state index in [1.807, 2.05) is 23.5 Å². The lowest BCUT2D eigenvalue weighted by molar-refractivity contribution is -0.0528. The van der Waals surface area contributed by atoms with Gasteiger partial charge in [0.15, 0.2) is 18.1 Å². The highest BCUT2D eigenvalue weighted by molar-refractivity contribution is 5.80. The zero-order valence-electron chi connectivity index (χ0n) is 20.0. The number of nitrogens with one attached hydrogen (secondary N) is 3. The van der Waals surface area contributed by atoms with Crippen molar-refractivity contribution in [1.82, 2.24) is 34.9 Å². The number of carbonyl (C=O) groups is 1. The highest BCUT2D eigenvalue weighted by Crippen LogP contribution is 2.57. The van der Waals surface area contributed by atoms with Gasteiger partial charge in [-0.2, -0.15) is 5.10 Å². The number of halogens is 1. The number of pyridine rings is 1. The molecule has 1 amide bonds. The number of hydrogen-bond donors (Lipinski definition) is 3. The van der Waals surface area contributed by atoms with Crippen LogP contribution in [0.3, 0.4) is 0 Å². The molecule has 3 saturated carbocycles. The van der Waals surface area contributed by atoms with E-state index >= 15 is 4.39 Å². The van der Waals surface area contributed by atoms with Crippen LogP contribution in [0.4, 0.5) is 21.0 Å². The van der Waals surface area contributed by atoms with Crippen molar-refractivity contribution in [2.24, 2.45) is 5.92 Å². The van der Waals surface area contributed by atoms with Gasteiger partial charge >= 0.3 is 6.09 Å². The largest absolute Gasteiger partial charge is 0.441 e. The van der Waals surface area contributed by atoms with Crippen molar-refractivity contribution in [2.75, 3.05) is 11.9 Å². The number of aryl methyl sites for hydroxylation is 1. The molecule has 4 fully saturated rings. The second-order valence-corrected chi connectivity index (χ2v) is 10.1. The van der Waals surface area contributed by atoms with Crippen LogP contribution in [-0.4, -0.2) is 60.1 Å². The lowest BCUT2D eigenvalue weighted by Crippen LogP contribution is -2.68. The first kappa shape index (κ1) is 22.2. The van der Waals surface area contributed by atoms with Gasteiger partial charge in [0.05, 0.1) is 18.0 Å². The van der Waals surface area contributed by atoms with E-state index in [4.69, 9.17) is 14.5 Å². The predicted molar refractivity (Wildman–Crippen MR) is 130 cm³/mol. The topological polar surface area (TPSA) is 131 Å². The van der Waals surface area contributed by atoms with E-state index in [1.54, 1.807) is 30.9 Å². The van der Waals surface area contributed by atoms with E-state index in [0.717, 1.165) is 47.6 Å². The molecule has 5 heterocycles. The molecule has 3 N–H and O–H groups in total. The van der Waals surface area contributed by atoms with Crippen molar-refractivity contribution < 1.29 is 18.7 Å². The van der Waals surface area contributed by atoms with E-state index < -0.39 is 24.5 Å². The Morgan fingerprint density at radius 1 is 1.32 bits per heavy atom. The Morgan fingerprint density at radius 2 is 2.19 bits per heavy atom. The van der Waals surface area contributed by atoms with Crippen LogP contribution in [0, 0.1) is 12.8 Å². The number of anilines is 2. The maximum atomic E-state index is 15.2. The number of aromatic nitrogens is 6. The second kappa shape index (κ2) is 8.23. The number of alkyl carbamates (subject to hydrolysis) is 1. The summed E-state index contributed by atoms with van der Waals surface area (Å²) in [5.74, 6) is 1.67. The number of nitrogens with zero attached hydrogens (tertiary/aromatic N) is 5. The molecule has 190 valence electrons. The van der Waals surface area contributed by atoms with Crippen LogP contribution in [0.25, 0.3) is 16.8 Å². The zero-order chi connectivity index (χ0) is 25.1. The quantitative estimate of drug-likeness (QED) is 0.363. The first-order valence-corrected chi connectivity index (χ1v) is 12.3. The summed E-state index contributed by atoms with van der Waals surface area (Å²) >= 11 is 0. The van der Waals surface area contributed by atoms with Crippen LogP contribution in [0.5, 0.6) is 0 Å². The molecule has 1 saturated heterocycles. The number of carbonyl (C=O) groups excluding carboxylic acids is 1. The smallest absolute Gasteiger partial charge is 0.408 e. The molecule has 0 spiro atoms. The van der Waals surface area contributed by atoms with Crippen molar-refractivity contribution in [2.45, 2.75) is 50.1 Å². The normalized spacial score (nSPS) is 27.9. The van der Waals surface area contributed by atoms with Crippen LogP contribution in [-0.2, 0) is 9.47 Å². The van der Waals surface area contributed by atoms with Crippen LogP contribution in [0.1, 0.15) is 36.8 Å². The number of imidazole rings is 1. The lowest BCUT2D eigenvalue weighted by atomic mass is 9.50.